The molecule has 2 heteroatoms. The summed E-state index contributed by atoms with van der Waals surface area (Å²) < 4.78 is 0. The predicted molar refractivity (Wildman–Crippen MR) is 81.0 cm³/mol. The molecule has 3 rings (SSSR count). The molecule has 3 aromatic rings. The lowest BCUT2D eigenvalue weighted by Crippen LogP contribution is -2.05. The molecule has 0 fully saturated rings. The molecule has 20 heavy (non-hydrogen) atoms. The van der Waals surface area contributed by atoms with Crippen molar-refractivity contribution in [3.63, 3.8) is 0 Å². The standard InChI is InChI=1S/C18H15NO/c1-13-6-2-3-7-14(13)12-18(20)16-8-4-10-17-15(16)9-5-11-19-17/h2-11H,12H2,1H3. The van der Waals surface area contributed by atoms with Gasteiger partial charge in [0.25, 0.3) is 0 Å². The van der Waals surface area contributed by atoms with Crippen LogP contribution in [0.3, 0.4) is 0 Å². The molecule has 0 bridgehead atoms. The van der Waals surface area contributed by atoms with Crippen LogP contribution in [0.15, 0.2) is 60.8 Å². The van der Waals surface area contributed by atoms with Crippen LogP contribution in [0.25, 0.3) is 10.9 Å². The van der Waals surface area contributed by atoms with Crippen molar-refractivity contribution in [2.45, 2.75) is 13.3 Å². The summed E-state index contributed by atoms with van der Waals surface area (Å²) in [5.74, 6) is 0.137. The van der Waals surface area contributed by atoms with Gasteiger partial charge in [0, 0.05) is 23.6 Å². The SMILES string of the molecule is Cc1ccccc1CC(=O)c1cccc2ncccc12. The quantitative estimate of drug-likeness (QED) is 0.668. The molecule has 0 spiro atoms. The van der Waals surface area contributed by atoms with Crippen LogP contribution < -0.4 is 0 Å². The summed E-state index contributed by atoms with van der Waals surface area (Å²) >= 11 is 0. The number of aryl methyl sites for hydroxylation is 1. The number of aromatic nitrogens is 1. The number of carbonyl (C=O) groups excluding carboxylic acids is 1. The number of pyridine rings is 1. The number of fused-ring (bicyclic) bond motifs is 1. The van der Waals surface area contributed by atoms with Crippen LogP contribution in [0.1, 0.15) is 21.5 Å². The monoisotopic (exact) mass is 261 g/mol. The van der Waals surface area contributed by atoms with Crippen LogP contribution in [0, 0.1) is 6.92 Å². The maximum atomic E-state index is 12.6. The number of rotatable bonds is 3. The summed E-state index contributed by atoms with van der Waals surface area (Å²) in [6, 6.07) is 17.5. The topological polar surface area (TPSA) is 30.0 Å². The molecule has 1 heterocycles. The maximum Gasteiger partial charge on any atom is 0.167 e. The summed E-state index contributed by atoms with van der Waals surface area (Å²) in [4.78, 5) is 16.8. The van der Waals surface area contributed by atoms with Crippen LogP contribution in [-0.4, -0.2) is 10.8 Å². The lowest BCUT2D eigenvalue weighted by Gasteiger charge is -2.07. The van der Waals surface area contributed by atoms with Crippen molar-refractivity contribution in [2.24, 2.45) is 0 Å². The van der Waals surface area contributed by atoms with E-state index in [0.29, 0.717) is 6.42 Å². The molecule has 0 aliphatic rings. The van der Waals surface area contributed by atoms with Crippen LogP contribution >= 0.6 is 0 Å². The molecular formula is C18H15NO. The maximum absolute atomic E-state index is 12.6. The van der Waals surface area contributed by atoms with Crippen molar-refractivity contribution < 1.29 is 4.79 Å². The summed E-state index contributed by atoms with van der Waals surface area (Å²) in [6.45, 7) is 2.03. The van der Waals surface area contributed by atoms with Gasteiger partial charge in [0.05, 0.1) is 5.52 Å². The van der Waals surface area contributed by atoms with Gasteiger partial charge in [-0.2, -0.15) is 0 Å². The minimum atomic E-state index is 0.137. The molecule has 0 aliphatic carbocycles. The molecule has 0 saturated carbocycles. The first-order valence-corrected chi connectivity index (χ1v) is 6.67. The molecule has 1 aromatic heterocycles. The Bertz CT molecular complexity index is 772. The van der Waals surface area contributed by atoms with E-state index in [1.54, 1.807) is 6.20 Å². The third-order valence-corrected chi connectivity index (χ3v) is 3.56. The molecule has 0 amide bonds. The van der Waals surface area contributed by atoms with E-state index in [0.717, 1.165) is 27.6 Å². The highest BCUT2D eigenvalue weighted by Crippen LogP contribution is 2.19. The number of hydrogen-bond acceptors (Lipinski definition) is 2. The number of nitrogens with zero attached hydrogens (tertiary/aromatic N) is 1. The molecule has 2 nitrogen and oxygen atoms in total. The van der Waals surface area contributed by atoms with Crippen molar-refractivity contribution in [3.8, 4) is 0 Å². The lowest BCUT2D eigenvalue weighted by atomic mass is 9.97. The third-order valence-electron chi connectivity index (χ3n) is 3.56. The third kappa shape index (κ3) is 2.32. The van der Waals surface area contributed by atoms with E-state index in [9.17, 15) is 4.79 Å². The van der Waals surface area contributed by atoms with Gasteiger partial charge in [-0.25, -0.2) is 0 Å². The Balaban J connectivity index is 1.99. The van der Waals surface area contributed by atoms with Crippen molar-refractivity contribution in [1.82, 2.24) is 4.98 Å². The normalized spacial score (nSPS) is 10.7. The van der Waals surface area contributed by atoms with Crippen LogP contribution in [-0.2, 0) is 6.42 Å². The number of benzene rings is 2. The smallest absolute Gasteiger partial charge is 0.167 e. The van der Waals surface area contributed by atoms with E-state index in [1.807, 2.05) is 61.5 Å². The van der Waals surface area contributed by atoms with Gasteiger partial charge in [-0.05, 0) is 30.2 Å². The highest BCUT2D eigenvalue weighted by Gasteiger charge is 2.11. The molecule has 98 valence electrons. The van der Waals surface area contributed by atoms with Gasteiger partial charge in [0.2, 0.25) is 0 Å². The summed E-state index contributed by atoms with van der Waals surface area (Å²) in [5.41, 5.74) is 3.85. The van der Waals surface area contributed by atoms with Crippen molar-refractivity contribution >= 4 is 16.7 Å². The molecule has 0 radical (unpaired) electrons. The van der Waals surface area contributed by atoms with E-state index in [2.05, 4.69) is 4.98 Å². The highest BCUT2D eigenvalue weighted by atomic mass is 16.1. The summed E-state index contributed by atoms with van der Waals surface area (Å²) in [7, 11) is 0. The summed E-state index contributed by atoms with van der Waals surface area (Å²) in [5, 5.41) is 0.925. The van der Waals surface area contributed by atoms with Gasteiger partial charge in [-0.1, -0.05) is 42.5 Å². The minimum absolute atomic E-state index is 0.137. The van der Waals surface area contributed by atoms with Crippen LogP contribution in [0.4, 0.5) is 0 Å². The summed E-state index contributed by atoms with van der Waals surface area (Å²) in [6.07, 6.45) is 2.18. The Labute approximate surface area is 118 Å². The van der Waals surface area contributed by atoms with Crippen molar-refractivity contribution in [2.75, 3.05) is 0 Å². The fourth-order valence-electron chi connectivity index (χ4n) is 2.42. The first-order chi connectivity index (χ1) is 9.75. The number of ketones is 1. The second-order valence-corrected chi connectivity index (χ2v) is 4.90. The van der Waals surface area contributed by atoms with Crippen molar-refractivity contribution in [3.05, 3.63) is 77.5 Å². The molecule has 0 saturated heterocycles. The number of Topliss-reactive ketones (excluding diaryl/α,β-unsaturated/α-hetero) is 1. The average molecular weight is 261 g/mol. The molecule has 0 unspecified atom stereocenters. The van der Waals surface area contributed by atoms with E-state index < -0.39 is 0 Å². The fourth-order valence-corrected chi connectivity index (χ4v) is 2.42. The molecule has 0 N–H and O–H groups in total. The zero-order valence-corrected chi connectivity index (χ0v) is 11.3. The molecule has 2 aromatic carbocycles. The fraction of sp³-hybridized carbons (Fsp3) is 0.111. The second-order valence-electron chi connectivity index (χ2n) is 4.90. The van der Waals surface area contributed by atoms with Gasteiger partial charge in [-0.3, -0.25) is 9.78 Å². The molecule has 0 aliphatic heterocycles. The van der Waals surface area contributed by atoms with Gasteiger partial charge in [-0.15, -0.1) is 0 Å². The lowest BCUT2D eigenvalue weighted by molar-refractivity contribution is 0.0994. The zero-order valence-electron chi connectivity index (χ0n) is 11.3. The van der Waals surface area contributed by atoms with Crippen LogP contribution in [0.5, 0.6) is 0 Å². The Hall–Kier alpha value is -2.48. The molecule has 0 atom stereocenters. The van der Waals surface area contributed by atoms with Crippen molar-refractivity contribution in [1.29, 1.82) is 0 Å². The number of carbonyl (C=O) groups is 1. The van der Waals surface area contributed by atoms with Gasteiger partial charge in [0.1, 0.15) is 0 Å². The van der Waals surface area contributed by atoms with Crippen LogP contribution in [0.2, 0.25) is 0 Å². The van der Waals surface area contributed by atoms with E-state index in [4.69, 9.17) is 0 Å². The van der Waals surface area contributed by atoms with E-state index in [-0.39, 0.29) is 5.78 Å². The Morgan fingerprint density at radius 2 is 1.85 bits per heavy atom. The zero-order chi connectivity index (χ0) is 13.9. The first kappa shape index (κ1) is 12.5. The average Bonchev–Trinajstić information content (AvgIpc) is 2.49. The Kier molecular flexibility index (Phi) is 3.30. The number of hydrogen-bond donors (Lipinski definition) is 0. The van der Waals surface area contributed by atoms with E-state index >= 15 is 0 Å². The van der Waals surface area contributed by atoms with E-state index in [1.165, 1.54) is 0 Å². The minimum Gasteiger partial charge on any atom is -0.294 e. The first-order valence-electron chi connectivity index (χ1n) is 6.67. The van der Waals surface area contributed by atoms with Gasteiger partial charge in [0.15, 0.2) is 5.78 Å². The highest BCUT2D eigenvalue weighted by molar-refractivity contribution is 6.08. The Morgan fingerprint density at radius 3 is 2.70 bits per heavy atom. The molecular weight excluding hydrogens is 246 g/mol. The van der Waals surface area contributed by atoms with Gasteiger partial charge >= 0.3 is 0 Å². The van der Waals surface area contributed by atoms with Gasteiger partial charge < -0.3 is 0 Å². The second kappa shape index (κ2) is 5.25. The largest absolute Gasteiger partial charge is 0.294 e. The Morgan fingerprint density at radius 1 is 1.00 bits per heavy atom. The predicted octanol–water partition coefficient (Wildman–Crippen LogP) is 3.97.